The van der Waals surface area contributed by atoms with Crippen LogP contribution in [0.5, 0.6) is 0 Å². The molecule has 1 saturated heterocycles. The Labute approximate surface area is 176 Å². The number of piperazine rings is 1. The number of rotatable bonds is 5. The molecule has 4 rings (SSSR count). The number of hydrogen-bond acceptors (Lipinski definition) is 2. The summed E-state index contributed by atoms with van der Waals surface area (Å²) in [5.74, 6) is 0.534. The third-order valence-electron chi connectivity index (χ3n) is 6.51. The Balaban J connectivity index is 1.19. The van der Waals surface area contributed by atoms with Gasteiger partial charge in [-0.05, 0) is 48.9 Å². The van der Waals surface area contributed by atoms with Crippen LogP contribution in [0.3, 0.4) is 0 Å². The van der Waals surface area contributed by atoms with E-state index in [9.17, 15) is 14.0 Å². The predicted octanol–water partition coefficient (Wildman–Crippen LogP) is 3.67. The Bertz CT molecular complexity index is 882. The molecule has 2 fully saturated rings. The molecule has 162 valence electrons. The van der Waals surface area contributed by atoms with Crippen molar-refractivity contribution in [2.75, 3.05) is 32.7 Å². The third kappa shape index (κ3) is 4.94. The monoisotopic (exact) mass is 414 g/mol. The highest BCUT2D eigenvalue weighted by molar-refractivity contribution is 5.83. The molecule has 0 atom stereocenters. The van der Waals surface area contributed by atoms with E-state index in [0.717, 1.165) is 16.5 Å². The molecule has 30 heavy (non-hydrogen) atoms. The average Bonchev–Trinajstić information content (AvgIpc) is 3.16. The van der Waals surface area contributed by atoms with Crippen molar-refractivity contribution >= 4 is 22.8 Å². The van der Waals surface area contributed by atoms with E-state index in [2.05, 4.69) is 10.3 Å². The van der Waals surface area contributed by atoms with Gasteiger partial charge in [0.1, 0.15) is 5.82 Å². The maximum absolute atomic E-state index is 13.3. The smallest absolute Gasteiger partial charge is 0.317 e. The molecule has 3 amide bonds. The molecule has 0 bridgehead atoms. The van der Waals surface area contributed by atoms with E-state index in [1.807, 2.05) is 11.1 Å². The first-order valence-electron chi connectivity index (χ1n) is 11.2. The number of nitrogens with one attached hydrogen (secondary N) is 2. The summed E-state index contributed by atoms with van der Waals surface area (Å²) in [6.07, 6.45) is 9.38. The van der Waals surface area contributed by atoms with Crippen LogP contribution in [0.25, 0.3) is 10.9 Å². The number of hydrogen-bond donors (Lipinski definition) is 2. The topological polar surface area (TPSA) is 68.4 Å². The highest BCUT2D eigenvalue weighted by Crippen LogP contribution is 2.27. The van der Waals surface area contributed by atoms with Crippen molar-refractivity contribution in [1.82, 2.24) is 20.1 Å². The first kappa shape index (κ1) is 20.7. The van der Waals surface area contributed by atoms with E-state index in [-0.39, 0.29) is 17.8 Å². The highest BCUT2D eigenvalue weighted by Gasteiger charge is 2.26. The molecule has 0 spiro atoms. The largest absolute Gasteiger partial charge is 0.361 e. The van der Waals surface area contributed by atoms with E-state index in [4.69, 9.17) is 0 Å². The number of carbonyl (C=O) groups is 2. The molecular weight excluding hydrogens is 383 g/mol. The zero-order valence-corrected chi connectivity index (χ0v) is 17.5. The van der Waals surface area contributed by atoms with Gasteiger partial charge in [0, 0.05) is 56.2 Å². The number of urea groups is 1. The number of H-pyrrole nitrogens is 1. The van der Waals surface area contributed by atoms with Crippen LogP contribution >= 0.6 is 0 Å². The van der Waals surface area contributed by atoms with Gasteiger partial charge in [-0.15, -0.1) is 0 Å². The summed E-state index contributed by atoms with van der Waals surface area (Å²) in [6.45, 7) is 2.91. The number of fused-ring (bicyclic) bond motifs is 1. The molecule has 0 unspecified atom stereocenters. The average molecular weight is 415 g/mol. The Morgan fingerprint density at radius 3 is 2.57 bits per heavy atom. The number of benzene rings is 1. The molecule has 2 N–H and O–H groups in total. The van der Waals surface area contributed by atoms with Crippen molar-refractivity contribution in [3.05, 3.63) is 35.8 Å². The van der Waals surface area contributed by atoms with Crippen LogP contribution in [0.2, 0.25) is 0 Å². The Hall–Kier alpha value is -2.57. The minimum Gasteiger partial charge on any atom is -0.361 e. The van der Waals surface area contributed by atoms with Crippen LogP contribution in [-0.4, -0.2) is 59.4 Å². The minimum atomic E-state index is -0.263. The second-order valence-corrected chi connectivity index (χ2v) is 8.56. The van der Waals surface area contributed by atoms with Crippen molar-refractivity contribution in [2.24, 2.45) is 5.92 Å². The highest BCUT2D eigenvalue weighted by atomic mass is 19.1. The van der Waals surface area contributed by atoms with Gasteiger partial charge in [-0.3, -0.25) is 4.79 Å². The molecule has 0 radical (unpaired) electrons. The molecule has 6 nitrogen and oxygen atoms in total. The molecule has 1 aromatic heterocycles. The van der Waals surface area contributed by atoms with Crippen molar-refractivity contribution in [3.63, 3.8) is 0 Å². The first-order valence-corrected chi connectivity index (χ1v) is 11.2. The SMILES string of the molecule is O=C(CC1CCCCC1)N1CCN(C(=O)NCCc2c[nH]c3cc(F)ccc23)CC1. The van der Waals surface area contributed by atoms with E-state index in [0.29, 0.717) is 51.5 Å². The molecule has 7 heteroatoms. The van der Waals surface area contributed by atoms with Crippen LogP contribution in [0.4, 0.5) is 9.18 Å². The van der Waals surface area contributed by atoms with Gasteiger partial charge in [0.2, 0.25) is 5.91 Å². The van der Waals surface area contributed by atoms with Crippen LogP contribution in [0.1, 0.15) is 44.1 Å². The van der Waals surface area contributed by atoms with Gasteiger partial charge in [0.25, 0.3) is 0 Å². The lowest BCUT2D eigenvalue weighted by molar-refractivity contribution is -0.133. The normalized spacial score (nSPS) is 18.0. The van der Waals surface area contributed by atoms with E-state index in [1.54, 1.807) is 11.0 Å². The maximum Gasteiger partial charge on any atom is 0.317 e. The molecular formula is C23H31FN4O2. The van der Waals surface area contributed by atoms with Gasteiger partial charge in [0.15, 0.2) is 0 Å². The summed E-state index contributed by atoms with van der Waals surface area (Å²) in [5, 5.41) is 3.95. The fraction of sp³-hybridized carbons (Fsp3) is 0.565. The van der Waals surface area contributed by atoms with Crippen LogP contribution in [-0.2, 0) is 11.2 Å². The Kier molecular flexibility index (Phi) is 6.55. The van der Waals surface area contributed by atoms with Crippen molar-refractivity contribution in [1.29, 1.82) is 0 Å². The zero-order valence-electron chi connectivity index (χ0n) is 17.5. The van der Waals surface area contributed by atoms with E-state index >= 15 is 0 Å². The number of amides is 3. The lowest BCUT2D eigenvalue weighted by Gasteiger charge is -2.35. The maximum atomic E-state index is 13.3. The van der Waals surface area contributed by atoms with E-state index in [1.165, 1.54) is 44.2 Å². The summed E-state index contributed by atoms with van der Waals surface area (Å²) in [7, 11) is 0. The molecule has 1 aliphatic heterocycles. The fourth-order valence-electron chi connectivity index (χ4n) is 4.71. The second kappa shape index (κ2) is 9.49. The molecule has 1 aromatic carbocycles. The van der Waals surface area contributed by atoms with Gasteiger partial charge in [-0.25, -0.2) is 9.18 Å². The predicted molar refractivity (Wildman–Crippen MR) is 115 cm³/mol. The van der Waals surface area contributed by atoms with Crippen LogP contribution in [0, 0.1) is 11.7 Å². The lowest BCUT2D eigenvalue weighted by atomic mass is 9.86. The zero-order chi connectivity index (χ0) is 20.9. The number of nitrogens with zero attached hydrogens (tertiary/aromatic N) is 2. The summed E-state index contributed by atoms with van der Waals surface area (Å²) < 4.78 is 13.3. The fourth-order valence-corrected chi connectivity index (χ4v) is 4.71. The minimum absolute atomic E-state index is 0.0831. The van der Waals surface area contributed by atoms with Crippen molar-refractivity contribution < 1.29 is 14.0 Å². The molecule has 2 aromatic rings. The van der Waals surface area contributed by atoms with Crippen LogP contribution in [0.15, 0.2) is 24.4 Å². The number of aromatic nitrogens is 1. The standard InChI is InChI=1S/C23H31FN4O2/c24-19-6-7-20-18(16-26-21(20)15-19)8-9-25-23(30)28-12-10-27(11-13-28)22(29)14-17-4-2-1-3-5-17/h6-7,15-17,26H,1-5,8-14H2,(H,25,30). The van der Waals surface area contributed by atoms with Crippen LogP contribution < -0.4 is 5.32 Å². The van der Waals surface area contributed by atoms with Gasteiger partial charge < -0.3 is 20.1 Å². The molecule has 2 heterocycles. The molecule has 1 aliphatic carbocycles. The lowest BCUT2D eigenvalue weighted by Crippen LogP contribution is -2.53. The number of halogens is 1. The van der Waals surface area contributed by atoms with E-state index < -0.39 is 0 Å². The summed E-state index contributed by atoms with van der Waals surface area (Å²) in [4.78, 5) is 31.8. The van der Waals surface area contributed by atoms with Crippen molar-refractivity contribution in [2.45, 2.75) is 44.9 Å². The first-order chi connectivity index (χ1) is 14.6. The summed E-state index contributed by atoms with van der Waals surface area (Å²) >= 11 is 0. The number of aromatic amines is 1. The summed E-state index contributed by atoms with van der Waals surface area (Å²) in [5.41, 5.74) is 1.83. The second-order valence-electron chi connectivity index (χ2n) is 8.56. The third-order valence-corrected chi connectivity index (χ3v) is 6.51. The Morgan fingerprint density at radius 2 is 1.80 bits per heavy atom. The van der Waals surface area contributed by atoms with Gasteiger partial charge in [0.05, 0.1) is 0 Å². The van der Waals surface area contributed by atoms with Crippen molar-refractivity contribution in [3.8, 4) is 0 Å². The molecule has 1 saturated carbocycles. The number of carbonyl (C=O) groups excluding carboxylic acids is 2. The summed E-state index contributed by atoms with van der Waals surface area (Å²) in [6, 6.07) is 4.61. The quantitative estimate of drug-likeness (QED) is 0.784. The Morgan fingerprint density at radius 1 is 1.07 bits per heavy atom. The van der Waals surface area contributed by atoms with Gasteiger partial charge >= 0.3 is 6.03 Å². The molecule has 2 aliphatic rings. The van der Waals surface area contributed by atoms with Gasteiger partial charge in [-0.2, -0.15) is 0 Å². The van der Waals surface area contributed by atoms with Gasteiger partial charge in [-0.1, -0.05) is 19.3 Å².